The first-order valence-electron chi connectivity index (χ1n) is 11.2. The number of carbonyl (C=O) groups excluding carboxylic acids is 1. The zero-order valence-corrected chi connectivity index (χ0v) is 19.6. The number of nitrogens with zero attached hydrogens (tertiary/aromatic N) is 6. The summed E-state index contributed by atoms with van der Waals surface area (Å²) in [5, 5.41) is 13.7. The molecule has 0 amide bonds. The van der Waals surface area contributed by atoms with Crippen molar-refractivity contribution in [2.24, 2.45) is 0 Å². The number of hydrogen-bond donors (Lipinski definition) is 0. The second kappa shape index (κ2) is 8.98. The molecule has 5 rings (SSSR count). The topological polar surface area (TPSA) is 109 Å². The molecule has 1 aromatic carbocycles. The van der Waals surface area contributed by atoms with E-state index < -0.39 is 11.3 Å². The van der Waals surface area contributed by atoms with Crippen LogP contribution in [0.3, 0.4) is 0 Å². The molecule has 0 aliphatic carbocycles. The average molecular weight is 479 g/mol. The molecular weight excluding hydrogens is 456 g/mol. The van der Waals surface area contributed by atoms with Crippen LogP contribution in [0.5, 0.6) is 0 Å². The Labute approximate surface area is 201 Å². The van der Waals surface area contributed by atoms with Gasteiger partial charge in [0.05, 0.1) is 6.61 Å². The second-order valence-electron chi connectivity index (χ2n) is 8.22. The number of carbonyl (C=O) groups is 1. The molecule has 4 aromatic rings. The Morgan fingerprint density at radius 3 is 2.82 bits per heavy atom. The third kappa shape index (κ3) is 3.66. The predicted octanol–water partition coefficient (Wildman–Crippen LogP) is 4.44. The van der Waals surface area contributed by atoms with Gasteiger partial charge in [-0.2, -0.15) is 4.98 Å². The van der Waals surface area contributed by atoms with Gasteiger partial charge in [-0.1, -0.05) is 29.7 Å². The van der Waals surface area contributed by atoms with Crippen LogP contribution in [0.15, 0.2) is 53.3 Å². The van der Waals surface area contributed by atoms with Crippen molar-refractivity contribution in [1.82, 2.24) is 29.9 Å². The molecule has 9 nitrogen and oxygen atoms in total. The van der Waals surface area contributed by atoms with E-state index in [0.717, 1.165) is 12.0 Å². The Bertz CT molecular complexity index is 1320. The van der Waals surface area contributed by atoms with E-state index in [9.17, 15) is 4.79 Å². The highest BCUT2D eigenvalue weighted by atomic mass is 35.5. The number of pyridine rings is 1. The van der Waals surface area contributed by atoms with E-state index >= 15 is 0 Å². The lowest BCUT2D eigenvalue weighted by Crippen LogP contribution is -2.47. The van der Waals surface area contributed by atoms with E-state index in [1.807, 2.05) is 35.8 Å². The first kappa shape index (κ1) is 22.2. The molecule has 10 heteroatoms. The lowest BCUT2D eigenvalue weighted by atomic mass is 9.70. The standard InChI is InChI=1S/C24H23ClN6O3/c1-3-33-23(32)24(15(2)19-27-21(34-30-19)17-6-4-7-18(25)14-17)10-5-13-31-20(28-29-22(24)31)16-8-11-26-12-9-16/h4,6-9,11-12,14-15H,3,5,10,13H2,1-2H3. The Morgan fingerprint density at radius 1 is 1.24 bits per heavy atom. The maximum atomic E-state index is 13.5. The molecule has 3 aromatic heterocycles. The molecule has 4 heterocycles. The van der Waals surface area contributed by atoms with E-state index in [-0.39, 0.29) is 12.6 Å². The molecule has 0 bridgehead atoms. The van der Waals surface area contributed by atoms with E-state index in [0.29, 0.717) is 46.9 Å². The number of fused-ring (bicyclic) bond motifs is 1. The maximum Gasteiger partial charge on any atom is 0.320 e. The molecule has 0 fully saturated rings. The SMILES string of the molecule is CCOC(=O)C1(C(C)c2noc(-c3cccc(Cl)c3)n2)CCCn2c(-c3ccncc3)nnc21. The summed E-state index contributed by atoms with van der Waals surface area (Å²) < 4.78 is 13.1. The molecule has 0 saturated heterocycles. The van der Waals surface area contributed by atoms with Gasteiger partial charge in [0, 0.05) is 41.0 Å². The summed E-state index contributed by atoms with van der Waals surface area (Å²) in [5.41, 5.74) is 0.474. The molecule has 0 spiro atoms. The summed E-state index contributed by atoms with van der Waals surface area (Å²) in [4.78, 5) is 22.2. The predicted molar refractivity (Wildman–Crippen MR) is 124 cm³/mol. The van der Waals surface area contributed by atoms with Crippen LogP contribution in [0.2, 0.25) is 5.02 Å². The smallest absolute Gasteiger partial charge is 0.320 e. The molecule has 2 unspecified atom stereocenters. The van der Waals surface area contributed by atoms with Crippen LogP contribution in [0.1, 0.15) is 44.3 Å². The minimum absolute atomic E-state index is 0.249. The van der Waals surface area contributed by atoms with Crippen molar-refractivity contribution in [2.45, 2.75) is 44.6 Å². The third-order valence-corrected chi connectivity index (χ3v) is 6.56. The molecule has 0 radical (unpaired) electrons. The van der Waals surface area contributed by atoms with Crippen molar-refractivity contribution < 1.29 is 14.1 Å². The Hall–Kier alpha value is -3.59. The van der Waals surface area contributed by atoms with Gasteiger partial charge in [-0.25, -0.2) is 0 Å². The largest absolute Gasteiger partial charge is 0.465 e. The summed E-state index contributed by atoms with van der Waals surface area (Å²) in [6.07, 6.45) is 4.68. The number of rotatable bonds is 6. The van der Waals surface area contributed by atoms with Gasteiger partial charge >= 0.3 is 5.97 Å². The van der Waals surface area contributed by atoms with Gasteiger partial charge in [0.2, 0.25) is 0 Å². The van der Waals surface area contributed by atoms with Crippen molar-refractivity contribution in [3.63, 3.8) is 0 Å². The zero-order chi connectivity index (χ0) is 23.7. The Balaban J connectivity index is 1.60. The fraction of sp³-hybridized carbons (Fsp3) is 0.333. The number of ether oxygens (including phenoxy) is 1. The van der Waals surface area contributed by atoms with Gasteiger partial charge in [0.25, 0.3) is 5.89 Å². The molecule has 0 saturated carbocycles. The van der Waals surface area contributed by atoms with Gasteiger partial charge in [0.1, 0.15) is 5.41 Å². The normalized spacial score (nSPS) is 18.3. The molecule has 0 N–H and O–H groups in total. The fourth-order valence-corrected chi connectivity index (χ4v) is 4.79. The summed E-state index contributed by atoms with van der Waals surface area (Å²) >= 11 is 6.12. The highest BCUT2D eigenvalue weighted by Gasteiger charge is 2.54. The summed E-state index contributed by atoms with van der Waals surface area (Å²) in [6.45, 7) is 4.63. The van der Waals surface area contributed by atoms with Gasteiger partial charge in [0.15, 0.2) is 17.5 Å². The summed E-state index contributed by atoms with van der Waals surface area (Å²) in [7, 11) is 0. The summed E-state index contributed by atoms with van der Waals surface area (Å²) in [6, 6.07) is 10.9. The van der Waals surface area contributed by atoms with Crippen LogP contribution in [-0.4, -0.2) is 42.5 Å². The van der Waals surface area contributed by atoms with E-state index in [2.05, 4.69) is 25.3 Å². The summed E-state index contributed by atoms with van der Waals surface area (Å²) in [5.74, 6) is 1.11. The quantitative estimate of drug-likeness (QED) is 0.374. The zero-order valence-electron chi connectivity index (χ0n) is 18.8. The van der Waals surface area contributed by atoms with Crippen molar-refractivity contribution in [3.8, 4) is 22.8 Å². The molecule has 1 aliphatic heterocycles. The fourth-order valence-electron chi connectivity index (χ4n) is 4.60. The second-order valence-corrected chi connectivity index (χ2v) is 8.66. The number of aromatic nitrogens is 6. The Kier molecular flexibility index (Phi) is 5.87. The van der Waals surface area contributed by atoms with Gasteiger partial charge < -0.3 is 13.8 Å². The number of benzene rings is 1. The van der Waals surface area contributed by atoms with E-state index in [1.165, 1.54) is 0 Å². The van der Waals surface area contributed by atoms with Crippen LogP contribution in [0.4, 0.5) is 0 Å². The molecule has 1 aliphatic rings. The maximum absolute atomic E-state index is 13.5. The lowest BCUT2D eigenvalue weighted by Gasteiger charge is -2.37. The van der Waals surface area contributed by atoms with Crippen LogP contribution in [0.25, 0.3) is 22.8 Å². The number of hydrogen-bond acceptors (Lipinski definition) is 8. The average Bonchev–Trinajstić information content (AvgIpc) is 3.52. The molecular formula is C24H23ClN6O3. The third-order valence-electron chi connectivity index (χ3n) is 6.32. The molecule has 174 valence electrons. The minimum atomic E-state index is -1.11. The van der Waals surface area contributed by atoms with Gasteiger partial charge in [-0.15, -0.1) is 10.2 Å². The number of halogens is 1. The van der Waals surface area contributed by atoms with Crippen molar-refractivity contribution in [3.05, 3.63) is 65.5 Å². The van der Waals surface area contributed by atoms with Crippen LogP contribution >= 0.6 is 11.6 Å². The van der Waals surface area contributed by atoms with E-state index in [1.54, 1.807) is 31.5 Å². The van der Waals surface area contributed by atoms with Crippen LogP contribution in [-0.2, 0) is 21.5 Å². The van der Waals surface area contributed by atoms with Crippen molar-refractivity contribution in [1.29, 1.82) is 0 Å². The van der Waals surface area contributed by atoms with Crippen molar-refractivity contribution >= 4 is 17.6 Å². The van der Waals surface area contributed by atoms with Gasteiger partial charge in [-0.3, -0.25) is 9.78 Å². The molecule has 2 atom stereocenters. The molecule has 34 heavy (non-hydrogen) atoms. The lowest BCUT2D eigenvalue weighted by molar-refractivity contribution is -0.152. The highest BCUT2D eigenvalue weighted by molar-refractivity contribution is 6.30. The number of esters is 1. The highest BCUT2D eigenvalue weighted by Crippen LogP contribution is 2.46. The van der Waals surface area contributed by atoms with Crippen LogP contribution in [0, 0.1) is 0 Å². The van der Waals surface area contributed by atoms with Crippen molar-refractivity contribution in [2.75, 3.05) is 6.61 Å². The first-order chi connectivity index (χ1) is 16.5. The Morgan fingerprint density at radius 2 is 2.06 bits per heavy atom. The van der Waals surface area contributed by atoms with Crippen LogP contribution < -0.4 is 0 Å². The first-order valence-corrected chi connectivity index (χ1v) is 11.5. The van der Waals surface area contributed by atoms with Gasteiger partial charge in [-0.05, 0) is 50.1 Å². The monoisotopic (exact) mass is 478 g/mol. The minimum Gasteiger partial charge on any atom is -0.465 e. The van der Waals surface area contributed by atoms with E-state index in [4.69, 9.17) is 20.9 Å².